The number of nitrogens with zero attached hydrogens (tertiary/aromatic N) is 6. The van der Waals surface area contributed by atoms with E-state index >= 15 is 0 Å². The smallest absolute Gasteiger partial charge is 0.162 e. The van der Waals surface area contributed by atoms with Crippen molar-refractivity contribution in [3.8, 4) is 0 Å². The van der Waals surface area contributed by atoms with Crippen molar-refractivity contribution < 1.29 is 4.79 Å². The summed E-state index contributed by atoms with van der Waals surface area (Å²) in [5.41, 5.74) is 1.60. The molecule has 0 aliphatic heterocycles. The second kappa shape index (κ2) is 13.4. The first-order chi connectivity index (χ1) is 14.1. The monoisotopic (exact) mass is 430 g/mol. The van der Waals surface area contributed by atoms with E-state index in [0.29, 0.717) is 10.6 Å². The van der Waals surface area contributed by atoms with Crippen LogP contribution >= 0.6 is 23.5 Å². The number of carbonyl (C=O) groups is 1. The summed E-state index contributed by atoms with van der Waals surface area (Å²) in [6, 6.07) is 1.91. The Morgan fingerprint density at radius 3 is 2.59 bits per heavy atom. The van der Waals surface area contributed by atoms with E-state index < -0.39 is 0 Å². The fraction of sp³-hybridized carbons (Fsp3) is 0.250. The number of thiophene rings is 1. The Labute approximate surface area is 180 Å². The van der Waals surface area contributed by atoms with Crippen LogP contribution < -0.4 is 4.90 Å². The number of aldehydes is 1. The van der Waals surface area contributed by atoms with Gasteiger partial charge in [0.15, 0.2) is 6.29 Å². The lowest BCUT2D eigenvalue weighted by molar-refractivity contribution is 0.112. The van der Waals surface area contributed by atoms with Crippen LogP contribution in [0.3, 0.4) is 0 Å². The second-order valence-corrected chi connectivity index (χ2v) is 7.03. The molecule has 0 saturated heterocycles. The fourth-order valence-corrected chi connectivity index (χ4v) is 3.36. The molecule has 0 atom stereocenters. The number of hydrogen-bond acceptors (Lipinski definition) is 8. The Hall–Kier alpha value is -2.78. The lowest BCUT2D eigenvalue weighted by atomic mass is 10.2. The van der Waals surface area contributed by atoms with Gasteiger partial charge in [0.25, 0.3) is 0 Å². The van der Waals surface area contributed by atoms with E-state index in [4.69, 9.17) is 0 Å². The Bertz CT molecular complexity index is 915. The summed E-state index contributed by atoms with van der Waals surface area (Å²) in [6.45, 7) is 7.53. The second-order valence-electron chi connectivity index (χ2n) is 5.42. The Morgan fingerprint density at radius 2 is 1.93 bits per heavy atom. The molecule has 154 valence electrons. The van der Waals surface area contributed by atoms with Crippen molar-refractivity contribution >= 4 is 70.1 Å². The number of fused-ring (bicyclic) bond motifs is 1. The lowest BCUT2D eigenvalue weighted by Crippen LogP contribution is -2.09. The van der Waals surface area contributed by atoms with E-state index in [0.717, 1.165) is 34.3 Å². The summed E-state index contributed by atoms with van der Waals surface area (Å²) >= 11 is 2.40. The third-order valence-corrected chi connectivity index (χ3v) is 4.70. The zero-order valence-electron chi connectivity index (χ0n) is 17.3. The van der Waals surface area contributed by atoms with E-state index in [1.54, 1.807) is 48.2 Å². The molecule has 0 saturated carbocycles. The predicted molar refractivity (Wildman–Crippen MR) is 131 cm³/mol. The van der Waals surface area contributed by atoms with Gasteiger partial charge in [0, 0.05) is 46.0 Å². The number of pyridine rings is 1. The van der Waals surface area contributed by atoms with Crippen LogP contribution in [0.5, 0.6) is 0 Å². The molecule has 9 heteroatoms. The van der Waals surface area contributed by atoms with Crippen LogP contribution in [0.4, 0.5) is 11.4 Å². The Morgan fingerprint density at radius 1 is 1.21 bits per heavy atom. The van der Waals surface area contributed by atoms with E-state index in [1.165, 1.54) is 11.3 Å². The summed E-state index contributed by atoms with van der Waals surface area (Å²) in [5, 5.41) is 0.876. The van der Waals surface area contributed by atoms with Crippen LogP contribution in [-0.4, -0.2) is 56.1 Å². The maximum absolute atomic E-state index is 11.5. The molecule has 2 rings (SSSR count). The van der Waals surface area contributed by atoms with Crippen molar-refractivity contribution in [3.05, 3.63) is 42.1 Å². The highest BCUT2D eigenvalue weighted by molar-refractivity contribution is 7.96. The SMILES string of the molecule is C=C/C=N/S/N=C/C=C/N(C)C=Nc1c(C=O)sc2nccc(N(C)C)c12.CC. The first-order valence-corrected chi connectivity index (χ1v) is 10.4. The molecule has 0 aromatic carbocycles. The van der Waals surface area contributed by atoms with Crippen LogP contribution in [-0.2, 0) is 0 Å². The quantitative estimate of drug-likeness (QED) is 0.237. The number of anilines is 1. The molecule has 0 bridgehead atoms. The van der Waals surface area contributed by atoms with Crippen molar-refractivity contribution in [2.45, 2.75) is 13.8 Å². The van der Waals surface area contributed by atoms with Crippen molar-refractivity contribution in [3.63, 3.8) is 0 Å². The number of hydrogen-bond donors (Lipinski definition) is 0. The molecule has 0 aliphatic carbocycles. The van der Waals surface area contributed by atoms with Gasteiger partial charge in [-0.25, -0.2) is 18.8 Å². The van der Waals surface area contributed by atoms with Crippen LogP contribution in [0.25, 0.3) is 10.2 Å². The van der Waals surface area contributed by atoms with Gasteiger partial charge < -0.3 is 9.80 Å². The largest absolute Gasteiger partial charge is 0.377 e. The summed E-state index contributed by atoms with van der Waals surface area (Å²) in [5.74, 6) is 0. The molecule has 0 aliphatic rings. The average molecular weight is 431 g/mol. The summed E-state index contributed by atoms with van der Waals surface area (Å²) in [6.07, 6.45) is 12.5. The molecule has 2 aromatic rings. The zero-order chi connectivity index (χ0) is 21.6. The van der Waals surface area contributed by atoms with Gasteiger partial charge in [-0.05, 0) is 12.1 Å². The highest BCUT2D eigenvalue weighted by atomic mass is 32.2. The minimum absolute atomic E-state index is 0.554. The highest BCUT2D eigenvalue weighted by Gasteiger charge is 2.16. The minimum atomic E-state index is 0.554. The molecule has 2 heterocycles. The van der Waals surface area contributed by atoms with Crippen LogP contribution in [0.15, 0.2) is 51.0 Å². The fourth-order valence-electron chi connectivity index (χ4n) is 2.11. The first-order valence-electron chi connectivity index (χ1n) is 8.89. The third-order valence-electron chi connectivity index (χ3n) is 3.26. The van der Waals surface area contributed by atoms with Crippen molar-refractivity contribution in [1.82, 2.24) is 9.88 Å². The molecule has 0 fully saturated rings. The lowest BCUT2D eigenvalue weighted by Gasteiger charge is -2.13. The van der Waals surface area contributed by atoms with Gasteiger partial charge in [0.1, 0.15) is 17.0 Å². The van der Waals surface area contributed by atoms with Gasteiger partial charge in [-0.3, -0.25) is 4.79 Å². The van der Waals surface area contributed by atoms with Crippen molar-refractivity contribution in [2.24, 2.45) is 13.8 Å². The number of carbonyl (C=O) groups excluding carboxylic acids is 1. The maximum Gasteiger partial charge on any atom is 0.162 e. The number of aliphatic imine (C=N–C) groups is 1. The minimum Gasteiger partial charge on any atom is -0.377 e. The molecule has 7 nitrogen and oxygen atoms in total. The van der Waals surface area contributed by atoms with Crippen molar-refractivity contribution in [1.29, 1.82) is 0 Å². The number of aromatic nitrogens is 1. The van der Waals surface area contributed by atoms with Gasteiger partial charge in [-0.1, -0.05) is 26.5 Å². The van der Waals surface area contributed by atoms with Crippen LogP contribution in [0.2, 0.25) is 0 Å². The zero-order valence-corrected chi connectivity index (χ0v) is 18.9. The van der Waals surface area contributed by atoms with E-state index in [1.807, 2.05) is 46.0 Å². The summed E-state index contributed by atoms with van der Waals surface area (Å²) < 4.78 is 7.93. The molecule has 2 aromatic heterocycles. The van der Waals surface area contributed by atoms with Gasteiger partial charge in [0.05, 0.1) is 28.0 Å². The Balaban J connectivity index is 0.00000204. The molecule has 29 heavy (non-hydrogen) atoms. The molecule has 0 unspecified atom stereocenters. The van der Waals surface area contributed by atoms with Gasteiger partial charge in [0.2, 0.25) is 0 Å². The van der Waals surface area contributed by atoms with E-state index in [9.17, 15) is 4.79 Å². The molecular weight excluding hydrogens is 404 g/mol. The predicted octanol–water partition coefficient (Wildman–Crippen LogP) is 5.20. The van der Waals surface area contributed by atoms with Gasteiger partial charge >= 0.3 is 0 Å². The number of rotatable bonds is 9. The van der Waals surface area contributed by atoms with Gasteiger partial charge in [-0.2, -0.15) is 0 Å². The van der Waals surface area contributed by atoms with E-state index in [-0.39, 0.29) is 0 Å². The molecule has 0 radical (unpaired) electrons. The van der Waals surface area contributed by atoms with Gasteiger partial charge in [-0.15, -0.1) is 11.3 Å². The maximum atomic E-state index is 11.5. The molecular formula is C20H26N6OS2. The van der Waals surface area contributed by atoms with Crippen LogP contribution in [0, 0.1) is 0 Å². The average Bonchev–Trinajstić information content (AvgIpc) is 3.10. The summed E-state index contributed by atoms with van der Waals surface area (Å²) in [4.78, 5) is 25.5. The number of allylic oxidation sites excluding steroid dienone is 2. The molecule has 0 spiro atoms. The van der Waals surface area contributed by atoms with Crippen LogP contribution in [0.1, 0.15) is 23.5 Å². The highest BCUT2D eigenvalue weighted by Crippen LogP contribution is 2.40. The molecule has 0 N–H and O–H groups in total. The van der Waals surface area contributed by atoms with E-state index in [2.05, 4.69) is 25.4 Å². The summed E-state index contributed by atoms with van der Waals surface area (Å²) in [7, 11) is 5.74. The third kappa shape index (κ3) is 7.28. The molecule has 0 amide bonds. The standard InChI is InChI=1S/C18H20N6OS2.C2H6/c1-5-8-21-27-22-9-6-11-24(4)13-20-17-15(12-25)26-18-16(17)14(23(2)3)7-10-19-18;1-2/h5-13H,1H2,2-4H3;1-2H3/b11-6+,20-13?,21-8+,22-9+;. The first kappa shape index (κ1) is 24.3. The van der Waals surface area contributed by atoms with Crippen molar-refractivity contribution in [2.75, 3.05) is 26.0 Å². The topological polar surface area (TPSA) is 73.5 Å². The normalized spacial score (nSPS) is 11.5. The Kier molecular flexibility index (Phi) is 11.2.